The van der Waals surface area contributed by atoms with Crippen molar-refractivity contribution in [3.8, 4) is 0 Å². The normalized spacial score (nSPS) is 18.3. The minimum Gasteiger partial charge on any atom is -0.445 e. The van der Waals surface area contributed by atoms with Gasteiger partial charge >= 0.3 is 12.1 Å². The highest BCUT2D eigenvalue weighted by molar-refractivity contribution is 7.89. The summed E-state index contributed by atoms with van der Waals surface area (Å²) in [6.07, 6.45) is 2.30. The molecular weight excluding hydrogens is 418 g/mol. The fourth-order valence-corrected chi connectivity index (χ4v) is 5.26. The average molecular weight is 442 g/mol. The van der Waals surface area contributed by atoms with Crippen molar-refractivity contribution in [3.05, 3.63) is 72.3 Å². The molecule has 1 atom stereocenters. The van der Waals surface area contributed by atoms with Crippen molar-refractivity contribution < 1.29 is 22.7 Å². The van der Waals surface area contributed by atoms with Gasteiger partial charge in [0.05, 0.1) is 23.2 Å². The Bertz CT molecular complexity index is 1120. The highest BCUT2D eigenvalue weighted by Gasteiger charge is 2.39. The molecule has 3 amide bonds. The predicted molar refractivity (Wildman–Crippen MR) is 115 cm³/mol. The molecule has 0 saturated carbocycles. The van der Waals surface area contributed by atoms with Gasteiger partial charge in [-0.05, 0) is 42.2 Å². The van der Waals surface area contributed by atoms with Crippen LogP contribution < -0.4 is 10.2 Å². The number of ether oxygens (including phenoxy) is 1. The van der Waals surface area contributed by atoms with Crippen molar-refractivity contribution in [2.75, 3.05) is 24.6 Å². The summed E-state index contributed by atoms with van der Waals surface area (Å²) in [7, 11) is -4.04. The summed E-state index contributed by atoms with van der Waals surface area (Å²) in [6.45, 7) is 4.14. The molecule has 1 N–H and O–H groups in total. The van der Waals surface area contributed by atoms with Crippen LogP contribution in [0.25, 0.3) is 0 Å². The molecule has 2 aliphatic rings. The fourth-order valence-electron chi connectivity index (χ4n) is 3.86. The Hall–Kier alpha value is -3.33. The molecule has 0 radical (unpaired) electrons. The van der Waals surface area contributed by atoms with Gasteiger partial charge < -0.3 is 10.1 Å². The molecule has 1 saturated heterocycles. The third-order valence-corrected chi connectivity index (χ3v) is 7.12. The number of sulfonamides is 1. The summed E-state index contributed by atoms with van der Waals surface area (Å²) < 4.78 is 32.4. The lowest BCUT2D eigenvalue weighted by Crippen LogP contribution is -2.37. The molecule has 0 spiro atoms. The van der Waals surface area contributed by atoms with Gasteiger partial charge in [-0.1, -0.05) is 43.0 Å². The number of hydrogen-bond donors (Lipinski definition) is 1. The summed E-state index contributed by atoms with van der Waals surface area (Å²) in [5, 5.41) is 2.73. The highest BCUT2D eigenvalue weighted by atomic mass is 32.2. The van der Waals surface area contributed by atoms with E-state index in [0.717, 1.165) is 15.4 Å². The van der Waals surface area contributed by atoms with E-state index >= 15 is 0 Å². The number of nitrogens with zero attached hydrogens (tertiary/aromatic N) is 2. The van der Waals surface area contributed by atoms with Gasteiger partial charge in [-0.15, -0.1) is 0 Å². The van der Waals surface area contributed by atoms with Crippen LogP contribution in [0, 0.1) is 0 Å². The van der Waals surface area contributed by atoms with E-state index in [1.165, 1.54) is 17.0 Å². The van der Waals surface area contributed by atoms with Gasteiger partial charge in [-0.2, -0.15) is 0 Å². The number of rotatable bonds is 5. The van der Waals surface area contributed by atoms with E-state index in [4.69, 9.17) is 4.74 Å². The van der Waals surface area contributed by atoms with E-state index in [-0.39, 0.29) is 18.0 Å². The standard InChI is InChI=1S/C22H23N3O5S/c1-2-13-30-22(27)24-12-6-9-17-14-18(10-11-20(17)24)31(28,29)25-15-19(23-21(25)26)16-7-4-3-5-8-16/h2-5,7-8,10-11,14,19H,1,6,9,12-13,15H2,(H,23,26). The summed E-state index contributed by atoms with van der Waals surface area (Å²) in [6, 6.07) is 12.7. The van der Waals surface area contributed by atoms with Crippen molar-refractivity contribution in [2.24, 2.45) is 0 Å². The number of nitrogens with one attached hydrogen (secondary N) is 1. The molecule has 9 heteroatoms. The first-order valence-electron chi connectivity index (χ1n) is 9.98. The third-order valence-electron chi connectivity index (χ3n) is 5.38. The van der Waals surface area contributed by atoms with Gasteiger partial charge in [0.15, 0.2) is 0 Å². The summed E-state index contributed by atoms with van der Waals surface area (Å²) in [5.74, 6) is 0. The fraction of sp³-hybridized carbons (Fsp3) is 0.273. The molecule has 31 heavy (non-hydrogen) atoms. The Balaban J connectivity index is 1.59. The smallest absolute Gasteiger partial charge is 0.414 e. The first-order valence-corrected chi connectivity index (χ1v) is 11.4. The quantitative estimate of drug-likeness (QED) is 0.719. The number of carbonyl (C=O) groups is 2. The van der Waals surface area contributed by atoms with Gasteiger partial charge in [-0.25, -0.2) is 22.3 Å². The molecule has 2 aromatic rings. The molecule has 4 rings (SSSR count). The van der Waals surface area contributed by atoms with Crippen LogP contribution in [-0.2, 0) is 21.2 Å². The molecule has 1 unspecified atom stereocenters. The second-order valence-electron chi connectivity index (χ2n) is 7.36. The van der Waals surface area contributed by atoms with Crippen molar-refractivity contribution in [1.82, 2.24) is 9.62 Å². The van der Waals surface area contributed by atoms with Crippen LogP contribution in [-0.4, -0.2) is 44.5 Å². The first-order chi connectivity index (χ1) is 14.9. The average Bonchev–Trinajstić information content (AvgIpc) is 3.19. The second-order valence-corrected chi connectivity index (χ2v) is 9.22. The van der Waals surface area contributed by atoms with Crippen LogP contribution in [0.3, 0.4) is 0 Å². The minimum absolute atomic E-state index is 0.0161. The van der Waals surface area contributed by atoms with Crippen LogP contribution in [0.1, 0.15) is 23.6 Å². The van der Waals surface area contributed by atoms with E-state index < -0.39 is 28.2 Å². The van der Waals surface area contributed by atoms with E-state index in [9.17, 15) is 18.0 Å². The Kier molecular flexibility index (Phi) is 5.69. The third kappa shape index (κ3) is 4.00. The lowest BCUT2D eigenvalue weighted by Gasteiger charge is -2.29. The largest absolute Gasteiger partial charge is 0.445 e. The van der Waals surface area contributed by atoms with Gasteiger partial charge in [0.25, 0.3) is 10.0 Å². The van der Waals surface area contributed by atoms with E-state index in [1.54, 1.807) is 12.1 Å². The van der Waals surface area contributed by atoms with E-state index in [2.05, 4.69) is 11.9 Å². The number of benzene rings is 2. The number of carbonyl (C=O) groups excluding carboxylic acids is 2. The van der Waals surface area contributed by atoms with Crippen LogP contribution in [0.2, 0.25) is 0 Å². The monoisotopic (exact) mass is 441 g/mol. The van der Waals surface area contributed by atoms with Crippen LogP contribution >= 0.6 is 0 Å². The maximum Gasteiger partial charge on any atom is 0.414 e. The van der Waals surface area contributed by atoms with Crippen molar-refractivity contribution in [1.29, 1.82) is 0 Å². The number of fused-ring (bicyclic) bond motifs is 1. The van der Waals surface area contributed by atoms with E-state index in [0.29, 0.717) is 25.1 Å². The van der Waals surface area contributed by atoms with Gasteiger partial charge in [0.2, 0.25) is 0 Å². The second kappa shape index (κ2) is 8.43. The summed E-state index contributed by atoms with van der Waals surface area (Å²) >= 11 is 0. The molecule has 2 heterocycles. The van der Waals surface area contributed by atoms with Crippen LogP contribution in [0.4, 0.5) is 15.3 Å². The molecule has 8 nitrogen and oxygen atoms in total. The zero-order chi connectivity index (χ0) is 22.0. The Morgan fingerprint density at radius 2 is 2.00 bits per heavy atom. The Labute approximate surface area is 181 Å². The summed E-state index contributed by atoms with van der Waals surface area (Å²) in [5.41, 5.74) is 2.18. The molecular formula is C22H23N3O5S. The topological polar surface area (TPSA) is 96.0 Å². The number of urea groups is 1. The lowest BCUT2D eigenvalue weighted by molar-refractivity contribution is 0.165. The highest BCUT2D eigenvalue weighted by Crippen LogP contribution is 2.32. The zero-order valence-corrected chi connectivity index (χ0v) is 17.7. The maximum atomic E-state index is 13.2. The van der Waals surface area contributed by atoms with Crippen molar-refractivity contribution in [2.45, 2.75) is 23.8 Å². The van der Waals surface area contributed by atoms with E-state index in [1.807, 2.05) is 30.3 Å². The minimum atomic E-state index is -4.04. The number of hydrogen-bond acceptors (Lipinski definition) is 5. The SMILES string of the molecule is C=CCOC(=O)N1CCCc2cc(S(=O)(=O)N3CC(c4ccccc4)NC3=O)ccc21. The first kappa shape index (κ1) is 20.9. The molecule has 2 aromatic carbocycles. The molecule has 1 fully saturated rings. The van der Waals surface area contributed by atoms with Crippen LogP contribution in [0.5, 0.6) is 0 Å². The Morgan fingerprint density at radius 3 is 2.74 bits per heavy atom. The molecule has 162 valence electrons. The van der Waals surface area contributed by atoms with Gasteiger partial charge in [0.1, 0.15) is 6.61 Å². The summed E-state index contributed by atoms with van der Waals surface area (Å²) in [4.78, 5) is 26.3. The van der Waals surface area contributed by atoms with Crippen LogP contribution in [0.15, 0.2) is 66.1 Å². The lowest BCUT2D eigenvalue weighted by atomic mass is 10.0. The molecule has 0 aliphatic carbocycles. The number of amides is 3. The molecule has 0 aromatic heterocycles. The zero-order valence-electron chi connectivity index (χ0n) is 16.9. The van der Waals surface area contributed by atoms with Gasteiger partial charge in [-0.3, -0.25) is 4.90 Å². The Morgan fingerprint density at radius 1 is 1.23 bits per heavy atom. The van der Waals surface area contributed by atoms with Crippen molar-refractivity contribution in [3.63, 3.8) is 0 Å². The van der Waals surface area contributed by atoms with Gasteiger partial charge in [0, 0.05) is 6.54 Å². The molecule has 2 aliphatic heterocycles. The maximum absolute atomic E-state index is 13.2. The number of anilines is 1. The molecule has 0 bridgehead atoms. The number of aryl methyl sites for hydroxylation is 1. The van der Waals surface area contributed by atoms with Crippen molar-refractivity contribution >= 4 is 27.8 Å². The predicted octanol–water partition coefficient (Wildman–Crippen LogP) is 3.22.